The summed E-state index contributed by atoms with van der Waals surface area (Å²) in [4.78, 5) is 87.6. The number of nitrogens with one attached hydrogen (secondary N) is 4. The van der Waals surface area contributed by atoms with E-state index >= 15 is 4.39 Å². The monoisotopic (exact) mass is 865 g/mol. The van der Waals surface area contributed by atoms with Crippen LogP contribution in [0.4, 0.5) is 42.0 Å². The van der Waals surface area contributed by atoms with Crippen molar-refractivity contribution in [3.63, 3.8) is 0 Å². The number of imide groups is 2. The maximum absolute atomic E-state index is 15.4. The van der Waals surface area contributed by atoms with Crippen LogP contribution in [0.1, 0.15) is 76.0 Å². The van der Waals surface area contributed by atoms with E-state index in [9.17, 15) is 37.5 Å². The van der Waals surface area contributed by atoms with Gasteiger partial charge in [-0.15, -0.1) is 0 Å². The normalized spacial score (nSPS) is 18.7. The largest absolute Gasteiger partial charge is 0.495 e. The van der Waals surface area contributed by atoms with E-state index in [0.29, 0.717) is 44.7 Å². The number of benzene rings is 2. The Balaban J connectivity index is 0.837. The lowest BCUT2D eigenvalue weighted by Crippen LogP contribution is -2.54. The first kappa shape index (κ1) is 43.7. The van der Waals surface area contributed by atoms with Gasteiger partial charge in [0.2, 0.25) is 17.8 Å². The summed E-state index contributed by atoms with van der Waals surface area (Å²) < 4.78 is 62.0. The highest BCUT2D eigenvalue weighted by molar-refractivity contribution is 6.25. The molecule has 21 heteroatoms. The average Bonchev–Trinajstić information content (AvgIpc) is 3.86. The molecule has 1 saturated heterocycles. The summed E-state index contributed by atoms with van der Waals surface area (Å²) in [5.74, 6) is -8.76. The number of hydrogen-bond acceptors (Lipinski definition) is 14. The molecule has 1 atom stereocenters. The zero-order valence-electron chi connectivity index (χ0n) is 34.1. The van der Waals surface area contributed by atoms with Gasteiger partial charge < -0.3 is 40.0 Å². The number of carbonyl (C=O) groups excluding carboxylic acids is 6. The van der Waals surface area contributed by atoms with Crippen LogP contribution in [0.5, 0.6) is 5.75 Å². The van der Waals surface area contributed by atoms with Crippen LogP contribution in [0.25, 0.3) is 0 Å². The van der Waals surface area contributed by atoms with Crippen LogP contribution in [0, 0.1) is 5.82 Å². The number of aromatic nitrogens is 2. The van der Waals surface area contributed by atoms with Crippen molar-refractivity contribution in [1.29, 1.82) is 0 Å². The Morgan fingerprint density at radius 1 is 0.968 bits per heavy atom. The number of carbonyl (C=O) groups is 6. The summed E-state index contributed by atoms with van der Waals surface area (Å²) in [6, 6.07) is 5.74. The Morgan fingerprint density at radius 3 is 2.44 bits per heavy atom. The van der Waals surface area contributed by atoms with E-state index < -0.39 is 59.8 Å². The standard InChI is InChI=1S/C41H46F3N9O9/c1-51-30-21-47-40(50-34(30)52(23-7-3-4-8-23)22-41(43,44)39(51)59)48-28-20-26(42)25(19-31(28)60-2)35(55)46-14-18-62-16-6-15-61-17-13-45-27-10-5-9-24-33(27)38(58)53(37(24)57)29-11-12-32(54)49-36(29)56/h5,9-10,19-21,23,29,45H,3-4,6-8,11-18,22H2,1-2H3,(H,46,55)(H,47,48,50)(H,49,54,56). The lowest BCUT2D eigenvalue weighted by Gasteiger charge is -2.31. The van der Waals surface area contributed by atoms with Crippen LogP contribution >= 0.6 is 0 Å². The van der Waals surface area contributed by atoms with Crippen molar-refractivity contribution in [2.75, 3.05) is 80.7 Å². The van der Waals surface area contributed by atoms with Crippen molar-refractivity contribution < 1.29 is 56.1 Å². The number of piperidine rings is 1. The molecule has 1 aliphatic carbocycles. The minimum Gasteiger partial charge on any atom is -0.495 e. The molecule has 1 aromatic heterocycles. The van der Waals surface area contributed by atoms with Crippen LogP contribution in [0.3, 0.4) is 0 Å². The summed E-state index contributed by atoms with van der Waals surface area (Å²) in [6.45, 7) is 0.602. The first-order valence-electron chi connectivity index (χ1n) is 20.3. The number of amides is 6. The van der Waals surface area contributed by atoms with Crippen molar-refractivity contribution in [2.24, 2.45) is 0 Å². The van der Waals surface area contributed by atoms with Gasteiger partial charge in [-0.05, 0) is 43.9 Å². The van der Waals surface area contributed by atoms with E-state index in [1.807, 2.05) is 0 Å². The molecule has 0 radical (unpaired) electrons. The topological polar surface area (TPSA) is 214 Å². The van der Waals surface area contributed by atoms with Gasteiger partial charge in [-0.25, -0.2) is 9.37 Å². The second kappa shape index (κ2) is 18.7. The highest BCUT2D eigenvalue weighted by atomic mass is 19.3. The number of rotatable bonds is 17. The van der Waals surface area contributed by atoms with Crippen molar-refractivity contribution in [3.05, 3.63) is 59.0 Å². The molecule has 4 aliphatic rings. The Labute approximate surface area is 353 Å². The summed E-state index contributed by atoms with van der Waals surface area (Å²) in [6.07, 6.45) is 4.92. The van der Waals surface area contributed by atoms with E-state index in [4.69, 9.17) is 14.2 Å². The third kappa shape index (κ3) is 9.13. The average molecular weight is 866 g/mol. The van der Waals surface area contributed by atoms with Gasteiger partial charge in [-0.2, -0.15) is 13.8 Å². The van der Waals surface area contributed by atoms with Crippen molar-refractivity contribution >= 4 is 64.3 Å². The first-order chi connectivity index (χ1) is 29.8. The molecule has 0 bridgehead atoms. The molecular formula is C41H46F3N9O9. The van der Waals surface area contributed by atoms with Crippen LogP contribution in [0.15, 0.2) is 36.5 Å². The summed E-state index contributed by atoms with van der Waals surface area (Å²) in [5.41, 5.74) is 0.647. The highest BCUT2D eigenvalue weighted by Crippen LogP contribution is 2.40. The Bertz CT molecular complexity index is 2260. The second-order valence-corrected chi connectivity index (χ2v) is 15.1. The molecule has 3 aromatic rings. The molecule has 3 aliphatic heterocycles. The molecule has 1 unspecified atom stereocenters. The molecule has 0 spiro atoms. The van der Waals surface area contributed by atoms with Gasteiger partial charge in [0.25, 0.3) is 23.6 Å². The number of fused-ring (bicyclic) bond motifs is 2. The Morgan fingerprint density at radius 2 is 1.71 bits per heavy atom. The van der Waals surface area contributed by atoms with Crippen LogP contribution in [-0.4, -0.2) is 129 Å². The Hall–Kier alpha value is -6.35. The number of halogens is 3. The number of methoxy groups -OCH3 is 1. The lowest BCUT2D eigenvalue weighted by atomic mass is 10.0. The van der Waals surface area contributed by atoms with Gasteiger partial charge in [-0.3, -0.25) is 39.0 Å². The zero-order chi connectivity index (χ0) is 44.1. The molecule has 7 rings (SSSR count). The fraction of sp³-hybridized carbons (Fsp3) is 0.463. The number of anilines is 5. The van der Waals surface area contributed by atoms with Gasteiger partial charge in [0, 0.05) is 57.6 Å². The molecular weight excluding hydrogens is 819 g/mol. The predicted octanol–water partition coefficient (Wildman–Crippen LogP) is 3.40. The smallest absolute Gasteiger partial charge is 0.342 e. The van der Waals surface area contributed by atoms with Gasteiger partial charge in [0.1, 0.15) is 23.3 Å². The molecule has 2 aromatic carbocycles. The van der Waals surface area contributed by atoms with Gasteiger partial charge in [-0.1, -0.05) is 18.9 Å². The van der Waals surface area contributed by atoms with E-state index in [1.54, 1.807) is 12.1 Å². The molecule has 6 amide bonds. The van der Waals surface area contributed by atoms with E-state index in [2.05, 4.69) is 31.2 Å². The number of hydrogen-bond donors (Lipinski definition) is 4. The third-order valence-electron chi connectivity index (χ3n) is 11.1. The van der Waals surface area contributed by atoms with E-state index in [0.717, 1.165) is 28.7 Å². The van der Waals surface area contributed by atoms with Gasteiger partial charge in [0.15, 0.2) is 5.82 Å². The number of alkyl halides is 2. The van der Waals surface area contributed by atoms with Crippen molar-refractivity contribution in [3.8, 4) is 5.75 Å². The van der Waals surface area contributed by atoms with Crippen molar-refractivity contribution in [1.82, 2.24) is 25.5 Å². The van der Waals surface area contributed by atoms with Crippen molar-refractivity contribution in [2.45, 2.75) is 63.0 Å². The molecule has 62 heavy (non-hydrogen) atoms. The van der Waals surface area contributed by atoms with Crippen LogP contribution < -0.4 is 35.8 Å². The minimum atomic E-state index is -3.65. The maximum Gasteiger partial charge on any atom is 0.342 e. The fourth-order valence-corrected chi connectivity index (χ4v) is 7.94. The lowest BCUT2D eigenvalue weighted by molar-refractivity contribution is -0.140. The summed E-state index contributed by atoms with van der Waals surface area (Å²) in [7, 11) is 2.58. The van der Waals surface area contributed by atoms with E-state index in [-0.39, 0.29) is 84.2 Å². The molecule has 4 heterocycles. The van der Waals surface area contributed by atoms with Gasteiger partial charge in [0.05, 0.1) is 55.4 Å². The molecule has 18 nitrogen and oxygen atoms in total. The van der Waals surface area contributed by atoms with Crippen LogP contribution in [0.2, 0.25) is 0 Å². The highest BCUT2D eigenvalue weighted by Gasteiger charge is 2.49. The van der Waals surface area contributed by atoms with Gasteiger partial charge >= 0.3 is 5.92 Å². The fourth-order valence-electron chi connectivity index (χ4n) is 7.94. The second-order valence-electron chi connectivity index (χ2n) is 15.1. The Kier molecular flexibility index (Phi) is 13.2. The first-order valence-corrected chi connectivity index (χ1v) is 20.3. The number of nitrogens with zero attached hydrogens (tertiary/aromatic N) is 5. The number of ether oxygens (including phenoxy) is 3. The summed E-state index contributed by atoms with van der Waals surface area (Å²) in [5, 5.41) is 10.8. The minimum absolute atomic E-state index is 0.0272. The molecule has 1 saturated carbocycles. The SMILES string of the molecule is COc1cc(C(=O)NCCOCCCOCCNc2cccc3c2C(=O)N(C2CCC(=O)NC2=O)C3=O)c(F)cc1Nc1ncc2c(n1)N(C1CCCC1)CC(F)(F)C(=O)N2C. The predicted molar refractivity (Wildman–Crippen MR) is 216 cm³/mol. The quantitative estimate of drug-likeness (QED) is 0.113. The molecule has 4 N–H and O–H groups in total. The molecule has 2 fully saturated rings. The maximum atomic E-state index is 15.4. The van der Waals surface area contributed by atoms with E-state index in [1.165, 1.54) is 37.4 Å². The summed E-state index contributed by atoms with van der Waals surface area (Å²) >= 11 is 0. The zero-order valence-corrected chi connectivity index (χ0v) is 34.1. The molecule has 330 valence electrons. The third-order valence-corrected chi connectivity index (χ3v) is 11.1. The van der Waals surface area contributed by atoms with Crippen LogP contribution in [-0.2, 0) is 23.9 Å².